The first-order valence-corrected chi connectivity index (χ1v) is 11.2. The molecule has 0 bridgehead atoms. The van der Waals surface area contributed by atoms with Crippen LogP contribution in [0, 0.1) is 0 Å². The molecule has 4 rings (SSSR count). The van der Waals surface area contributed by atoms with E-state index in [-0.39, 0.29) is 10.9 Å². The Morgan fingerprint density at radius 2 is 1.70 bits per heavy atom. The van der Waals surface area contributed by atoms with Crippen molar-refractivity contribution in [1.82, 2.24) is 15.2 Å². The van der Waals surface area contributed by atoms with Gasteiger partial charge >= 0.3 is 6.03 Å². The van der Waals surface area contributed by atoms with Crippen LogP contribution in [0.3, 0.4) is 0 Å². The molecule has 9 heteroatoms. The number of imide groups is 1. The van der Waals surface area contributed by atoms with Crippen LogP contribution in [0.4, 0.5) is 9.93 Å². The molecular formula is C24H22N4O4S. The third-order valence-electron chi connectivity index (χ3n) is 5.51. The van der Waals surface area contributed by atoms with Crippen molar-refractivity contribution < 1.29 is 19.2 Å². The molecule has 2 heterocycles. The molecule has 0 spiro atoms. The molecule has 0 radical (unpaired) electrons. The summed E-state index contributed by atoms with van der Waals surface area (Å²) in [6, 6.07) is 17.5. The van der Waals surface area contributed by atoms with E-state index >= 15 is 0 Å². The normalized spacial score (nSPS) is 17.7. The fourth-order valence-electron chi connectivity index (χ4n) is 3.84. The standard InChI is InChI=1S/C24H22N4O4S/c1-3-24(17-12-8-5-9-13-17)21(31)28(23(32)27-24)14-18(30)25-22-26-19(20(33-22)15(2)29)16-10-6-4-7-11-16/h4-13H,3,14H2,1-2H3,(H,27,32)(H,25,26,30). The number of nitrogens with one attached hydrogen (secondary N) is 2. The number of carbonyl (C=O) groups is 4. The number of ketones is 1. The number of nitrogens with zero attached hydrogens (tertiary/aromatic N) is 2. The van der Waals surface area contributed by atoms with Crippen molar-refractivity contribution in [1.29, 1.82) is 0 Å². The number of benzene rings is 2. The number of anilines is 1. The van der Waals surface area contributed by atoms with Crippen LogP contribution in [0.2, 0.25) is 0 Å². The quantitative estimate of drug-likeness (QED) is 0.410. The lowest BCUT2D eigenvalue weighted by atomic mass is 9.87. The highest BCUT2D eigenvalue weighted by Crippen LogP contribution is 2.33. The fraction of sp³-hybridized carbons (Fsp3) is 0.208. The summed E-state index contributed by atoms with van der Waals surface area (Å²) in [7, 11) is 0. The van der Waals surface area contributed by atoms with Crippen LogP contribution in [0.15, 0.2) is 60.7 Å². The number of hydrogen-bond donors (Lipinski definition) is 2. The van der Waals surface area contributed by atoms with Crippen molar-refractivity contribution in [2.75, 3.05) is 11.9 Å². The van der Waals surface area contributed by atoms with Crippen molar-refractivity contribution >= 4 is 40.1 Å². The van der Waals surface area contributed by atoms with Crippen LogP contribution in [0.5, 0.6) is 0 Å². The maximum absolute atomic E-state index is 13.2. The van der Waals surface area contributed by atoms with Crippen molar-refractivity contribution in [3.8, 4) is 11.3 Å². The monoisotopic (exact) mass is 462 g/mol. The van der Waals surface area contributed by atoms with Gasteiger partial charge in [0.2, 0.25) is 5.91 Å². The Morgan fingerprint density at radius 3 is 2.30 bits per heavy atom. The Labute approximate surface area is 194 Å². The predicted molar refractivity (Wildman–Crippen MR) is 125 cm³/mol. The summed E-state index contributed by atoms with van der Waals surface area (Å²) in [4.78, 5) is 56.3. The minimum atomic E-state index is -1.21. The zero-order chi connectivity index (χ0) is 23.6. The Morgan fingerprint density at radius 1 is 1.06 bits per heavy atom. The van der Waals surface area contributed by atoms with Crippen LogP contribution >= 0.6 is 11.3 Å². The molecule has 1 unspecified atom stereocenters. The van der Waals surface area contributed by atoms with Crippen molar-refractivity contribution in [2.24, 2.45) is 0 Å². The molecule has 168 valence electrons. The van der Waals surface area contributed by atoms with Crippen molar-refractivity contribution in [2.45, 2.75) is 25.8 Å². The van der Waals surface area contributed by atoms with Gasteiger partial charge in [-0.1, -0.05) is 78.9 Å². The lowest BCUT2D eigenvalue weighted by Gasteiger charge is -2.25. The lowest BCUT2D eigenvalue weighted by molar-refractivity contribution is -0.134. The number of aromatic nitrogens is 1. The number of amides is 4. The summed E-state index contributed by atoms with van der Waals surface area (Å²) in [6.07, 6.45) is 0.342. The average molecular weight is 463 g/mol. The molecule has 1 saturated heterocycles. The summed E-state index contributed by atoms with van der Waals surface area (Å²) in [5.41, 5.74) is 0.686. The molecule has 0 aliphatic carbocycles. The van der Waals surface area contributed by atoms with Gasteiger partial charge in [-0.2, -0.15) is 0 Å². The number of carbonyl (C=O) groups excluding carboxylic acids is 4. The van der Waals surface area contributed by atoms with E-state index in [0.29, 0.717) is 22.6 Å². The van der Waals surface area contributed by atoms with Gasteiger partial charge in [0, 0.05) is 12.5 Å². The largest absolute Gasteiger partial charge is 0.325 e. The highest BCUT2D eigenvalue weighted by Gasteiger charge is 2.51. The molecule has 3 aromatic rings. The smallest absolute Gasteiger partial charge is 0.319 e. The van der Waals surface area contributed by atoms with Crippen LogP contribution in [-0.2, 0) is 15.1 Å². The number of hydrogen-bond acceptors (Lipinski definition) is 6. The van der Waals surface area contributed by atoms with E-state index in [1.54, 1.807) is 31.2 Å². The molecule has 33 heavy (non-hydrogen) atoms. The summed E-state index contributed by atoms with van der Waals surface area (Å²) in [5.74, 6) is -1.23. The van der Waals surface area contributed by atoms with Gasteiger partial charge in [-0.05, 0) is 12.0 Å². The summed E-state index contributed by atoms with van der Waals surface area (Å²) in [6.45, 7) is 2.78. The summed E-state index contributed by atoms with van der Waals surface area (Å²) in [5, 5.41) is 5.60. The van der Waals surface area contributed by atoms with E-state index in [2.05, 4.69) is 15.6 Å². The topological polar surface area (TPSA) is 108 Å². The molecular weight excluding hydrogens is 440 g/mol. The second-order valence-electron chi connectivity index (χ2n) is 7.61. The van der Waals surface area contributed by atoms with Crippen LogP contribution in [0.1, 0.15) is 35.5 Å². The molecule has 8 nitrogen and oxygen atoms in total. The van der Waals surface area contributed by atoms with Gasteiger partial charge in [-0.3, -0.25) is 19.3 Å². The average Bonchev–Trinajstić information content (AvgIpc) is 3.35. The molecule has 1 aliphatic rings. The van der Waals surface area contributed by atoms with Crippen LogP contribution in [-0.4, -0.2) is 40.1 Å². The van der Waals surface area contributed by atoms with Gasteiger partial charge in [-0.25, -0.2) is 9.78 Å². The van der Waals surface area contributed by atoms with E-state index in [1.807, 2.05) is 36.4 Å². The zero-order valence-corrected chi connectivity index (χ0v) is 18.9. The number of Topliss-reactive ketones (excluding diaryl/α,β-unsaturated/α-hetero) is 1. The van der Waals surface area contributed by atoms with E-state index < -0.39 is 29.9 Å². The highest BCUT2D eigenvalue weighted by atomic mass is 32.1. The van der Waals surface area contributed by atoms with E-state index in [0.717, 1.165) is 21.8 Å². The van der Waals surface area contributed by atoms with Crippen molar-refractivity contribution in [3.05, 3.63) is 71.1 Å². The third-order valence-corrected chi connectivity index (χ3v) is 6.59. The Kier molecular flexibility index (Phi) is 6.06. The molecule has 4 amide bonds. The zero-order valence-electron chi connectivity index (χ0n) is 18.1. The lowest BCUT2D eigenvalue weighted by Crippen LogP contribution is -2.44. The molecule has 1 fully saturated rings. The predicted octanol–water partition coefficient (Wildman–Crippen LogP) is 3.81. The van der Waals surface area contributed by atoms with Crippen molar-refractivity contribution in [3.63, 3.8) is 0 Å². The summed E-state index contributed by atoms with van der Waals surface area (Å²) >= 11 is 1.05. The Hall–Kier alpha value is -3.85. The maximum atomic E-state index is 13.2. The molecule has 2 aromatic carbocycles. The first-order chi connectivity index (χ1) is 15.9. The minimum Gasteiger partial charge on any atom is -0.319 e. The summed E-state index contributed by atoms with van der Waals surface area (Å²) < 4.78 is 0. The second-order valence-corrected chi connectivity index (χ2v) is 8.61. The Bertz CT molecular complexity index is 1230. The van der Waals surface area contributed by atoms with Gasteiger partial charge in [0.15, 0.2) is 10.9 Å². The van der Waals surface area contributed by atoms with Gasteiger partial charge in [0.25, 0.3) is 5.91 Å². The van der Waals surface area contributed by atoms with Crippen LogP contribution in [0.25, 0.3) is 11.3 Å². The van der Waals surface area contributed by atoms with E-state index in [1.165, 1.54) is 6.92 Å². The molecule has 2 N–H and O–H groups in total. The number of urea groups is 1. The first kappa shape index (κ1) is 22.3. The molecule has 1 aliphatic heterocycles. The molecule has 0 saturated carbocycles. The van der Waals surface area contributed by atoms with E-state index in [9.17, 15) is 19.2 Å². The number of rotatable bonds is 7. The minimum absolute atomic E-state index is 0.170. The van der Waals surface area contributed by atoms with Gasteiger partial charge in [-0.15, -0.1) is 0 Å². The third kappa shape index (κ3) is 4.14. The first-order valence-electron chi connectivity index (χ1n) is 10.4. The highest BCUT2D eigenvalue weighted by molar-refractivity contribution is 7.18. The molecule has 1 aromatic heterocycles. The SMILES string of the molecule is CCC1(c2ccccc2)NC(=O)N(CC(=O)Nc2nc(-c3ccccc3)c(C(C)=O)s2)C1=O. The van der Waals surface area contributed by atoms with Gasteiger partial charge < -0.3 is 10.6 Å². The van der Waals surface area contributed by atoms with E-state index in [4.69, 9.17) is 0 Å². The fourth-order valence-corrected chi connectivity index (χ4v) is 4.74. The molecule has 1 atom stereocenters. The van der Waals surface area contributed by atoms with Gasteiger partial charge in [0.1, 0.15) is 12.1 Å². The second kappa shape index (κ2) is 8.95. The Balaban J connectivity index is 1.53. The maximum Gasteiger partial charge on any atom is 0.325 e. The number of thiazole rings is 1. The van der Waals surface area contributed by atoms with Gasteiger partial charge in [0.05, 0.1) is 10.6 Å². The van der Waals surface area contributed by atoms with Crippen LogP contribution < -0.4 is 10.6 Å².